The van der Waals surface area contributed by atoms with Crippen molar-refractivity contribution in [1.82, 2.24) is 19.6 Å². The van der Waals surface area contributed by atoms with Gasteiger partial charge in [0, 0.05) is 75.9 Å². The second-order valence-corrected chi connectivity index (χ2v) is 9.15. The van der Waals surface area contributed by atoms with Gasteiger partial charge in [0.25, 0.3) is 0 Å². The second-order valence-electron chi connectivity index (χ2n) is 8.72. The van der Waals surface area contributed by atoms with Crippen molar-refractivity contribution in [3.63, 3.8) is 0 Å². The van der Waals surface area contributed by atoms with Gasteiger partial charge in [-0.15, -0.1) is 0 Å². The molecule has 2 fully saturated rings. The van der Waals surface area contributed by atoms with Gasteiger partial charge in [-0.05, 0) is 42.3 Å². The van der Waals surface area contributed by atoms with Crippen molar-refractivity contribution in [2.45, 2.75) is 6.54 Å². The Morgan fingerprint density at radius 3 is 2.50 bits per heavy atom. The summed E-state index contributed by atoms with van der Waals surface area (Å²) in [5.41, 5.74) is 1.17. The van der Waals surface area contributed by atoms with Crippen LogP contribution in [0.15, 0.2) is 43.0 Å². The van der Waals surface area contributed by atoms with Crippen LogP contribution in [0.1, 0.15) is 5.56 Å². The van der Waals surface area contributed by atoms with E-state index in [1.807, 2.05) is 17.0 Å². The van der Waals surface area contributed by atoms with E-state index in [2.05, 4.69) is 46.5 Å². The van der Waals surface area contributed by atoms with Gasteiger partial charge in [0.15, 0.2) is 0 Å². The summed E-state index contributed by atoms with van der Waals surface area (Å²) >= 11 is 6.46. The van der Waals surface area contributed by atoms with Crippen molar-refractivity contribution >= 4 is 28.3 Å². The minimum atomic E-state index is 0.00823. The first kappa shape index (κ1) is 23.1. The average molecular weight is 457 g/mol. The molecule has 6 nitrogen and oxygen atoms in total. The van der Waals surface area contributed by atoms with E-state index in [-0.39, 0.29) is 5.91 Å². The van der Waals surface area contributed by atoms with E-state index in [4.69, 9.17) is 16.3 Å². The molecule has 2 saturated heterocycles. The molecule has 1 amide bonds. The highest BCUT2D eigenvalue weighted by molar-refractivity contribution is 6.31. The molecule has 0 N–H and O–H groups in total. The van der Waals surface area contributed by atoms with Crippen LogP contribution < -0.4 is 4.74 Å². The zero-order chi connectivity index (χ0) is 22.5. The maximum absolute atomic E-state index is 11.9. The molecule has 0 spiro atoms. The highest BCUT2D eigenvalue weighted by Gasteiger charge is 2.21. The summed E-state index contributed by atoms with van der Waals surface area (Å²) < 4.78 is 6.30. The molecule has 0 aliphatic carbocycles. The number of rotatable bonds is 7. The van der Waals surface area contributed by atoms with Crippen molar-refractivity contribution in [3.05, 3.63) is 53.6 Å². The summed E-state index contributed by atoms with van der Waals surface area (Å²) in [4.78, 5) is 20.9. The first-order valence-corrected chi connectivity index (χ1v) is 11.8. The first-order chi connectivity index (χ1) is 15.5. The Hall–Kier alpha value is -2.12. The van der Waals surface area contributed by atoms with E-state index in [1.165, 1.54) is 11.6 Å². The van der Waals surface area contributed by atoms with Crippen LogP contribution in [0.5, 0.6) is 5.75 Å². The molecule has 2 heterocycles. The maximum atomic E-state index is 11.9. The van der Waals surface area contributed by atoms with Crippen LogP contribution >= 0.6 is 11.6 Å². The number of amides is 1. The molecule has 0 radical (unpaired) electrons. The Morgan fingerprint density at radius 1 is 1.06 bits per heavy atom. The van der Waals surface area contributed by atoms with E-state index >= 15 is 0 Å². The van der Waals surface area contributed by atoms with Gasteiger partial charge in [0.1, 0.15) is 12.4 Å². The molecule has 2 aromatic rings. The minimum Gasteiger partial charge on any atom is -0.492 e. The van der Waals surface area contributed by atoms with Gasteiger partial charge < -0.3 is 14.5 Å². The average Bonchev–Trinajstić information content (AvgIpc) is 2.80. The number of hydrogen-bond donors (Lipinski definition) is 0. The highest BCUT2D eigenvalue weighted by Crippen LogP contribution is 2.33. The van der Waals surface area contributed by atoms with Crippen LogP contribution in [0.3, 0.4) is 0 Å². The quantitative estimate of drug-likeness (QED) is 0.599. The Bertz CT molecular complexity index is 950. The number of halogens is 1. The molecular weight excluding hydrogens is 424 g/mol. The van der Waals surface area contributed by atoms with E-state index < -0.39 is 0 Å². The van der Waals surface area contributed by atoms with Crippen LogP contribution in [-0.2, 0) is 11.3 Å². The van der Waals surface area contributed by atoms with Gasteiger partial charge in [-0.25, -0.2) is 0 Å². The molecule has 172 valence electrons. The number of ether oxygens (including phenoxy) is 1. The van der Waals surface area contributed by atoms with Crippen LogP contribution in [-0.4, -0.2) is 98.1 Å². The van der Waals surface area contributed by atoms with Crippen molar-refractivity contribution in [2.24, 2.45) is 0 Å². The maximum Gasteiger partial charge on any atom is 0.246 e. The van der Waals surface area contributed by atoms with Gasteiger partial charge in [-0.2, -0.15) is 0 Å². The summed E-state index contributed by atoms with van der Waals surface area (Å²) in [5.74, 6) is 0.928. The topological polar surface area (TPSA) is 39.3 Å². The predicted molar refractivity (Wildman–Crippen MR) is 130 cm³/mol. The van der Waals surface area contributed by atoms with Crippen molar-refractivity contribution in [3.8, 4) is 5.75 Å². The normalized spacial score (nSPS) is 18.8. The van der Waals surface area contributed by atoms with Gasteiger partial charge >= 0.3 is 0 Å². The number of benzene rings is 2. The third kappa shape index (κ3) is 5.62. The molecular formula is C25H33ClN4O2. The predicted octanol–water partition coefficient (Wildman–Crippen LogP) is 2.95. The molecule has 0 aromatic heterocycles. The number of carbonyl (C=O) groups excluding carboxylic acids is 1. The SMILES string of the molecule is C=CC(=O)N1CCN(Cc2cc(Cl)cc3cccc(OCCN4CCN(C)CC4)c23)CC1. The molecule has 0 bridgehead atoms. The van der Waals surface area contributed by atoms with Crippen LogP contribution in [0, 0.1) is 0 Å². The van der Waals surface area contributed by atoms with Gasteiger partial charge in [-0.1, -0.05) is 30.3 Å². The zero-order valence-electron chi connectivity index (χ0n) is 18.9. The molecule has 2 aromatic carbocycles. The van der Waals surface area contributed by atoms with Crippen molar-refractivity contribution in [2.75, 3.05) is 72.6 Å². The summed E-state index contributed by atoms with van der Waals surface area (Å²) in [6, 6.07) is 10.3. The number of carbonyl (C=O) groups is 1. The molecule has 0 atom stereocenters. The second kappa shape index (κ2) is 10.7. The van der Waals surface area contributed by atoms with Crippen LogP contribution in [0.25, 0.3) is 10.8 Å². The first-order valence-electron chi connectivity index (χ1n) is 11.4. The van der Waals surface area contributed by atoms with Crippen molar-refractivity contribution < 1.29 is 9.53 Å². The van der Waals surface area contributed by atoms with Crippen LogP contribution in [0.4, 0.5) is 0 Å². The fraction of sp³-hybridized carbons (Fsp3) is 0.480. The molecule has 0 saturated carbocycles. The summed E-state index contributed by atoms with van der Waals surface area (Å²) in [6.45, 7) is 13.5. The third-order valence-electron chi connectivity index (χ3n) is 6.50. The number of hydrogen-bond acceptors (Lipinski definition) is 5. The highest BCUT2D eigenvalue weighted by atomic mass is 35.5. The van der Waals surface area contributed by atoms with Gasteiger partial charge in [-0.3, -0.25) is 14.6 Å². The summed E-state index contributed by atoms with van der Waals surface area (Å²) in [5, 5.41) is 2.98. The monoisotopic (exact) mass is 456 g/mol. The lowest BCUT2D eigenvalue weighted by molar-refractivity contribution is -0.127. The smallest absolute Gasteiger partial charge is 0.246 e. The van der Waals surface area contributed by atoms with E-state index in [9.17, 15) is 4.79 Å². The number of piperazine rings is 2. The molecule has 7 heteroatoms. The molecule has 32 heavy (non-hydrogen) atoms. The number of fused-ring (bicyclic) bond motifs is 1. The molecule has 2 aliphatic rings. The Labute approximate surface area is 196 Å². The third-order valence-corrected chi connectivity index (χ3v) is 6.72. The summed E-state index contributed by atoms with van der Waals surface area (Å²) in [6.07, 6.45) is 1.39. The standard InChI is InChI=1S/C25H33ClN4O2/c1-3-24(31)30-13-11-29(12-14-30)19-21-18-22(26)17-20-5-4-6-23(25(20)21)32-16-15-28-9-7-27(2)8-10-28/h3-6,17-18H,1,7-16,19H2,2H3. The number of likely N-dealkylation sites (N-methyl/N-ethyl adjacent to an activating group) is 1. The van der Waals surface area contributed by atoms with Gasteiger partial charge in [0.2, 0.25) is 5.91 Å². The molecule has 2 aliphatic heterocycles. The minimum absolute atomic E-state index is 0.00823. The lowest BCUT2D eigenvalue weighted by Gasteiger charge is -2.34. The van der Waals surface area contributed by atoms with Crippen LogP contribution in [0.2, 0.25) is 5.02 Å². The fourth-order valence-electron chi connectivity index (χ4n) is 4.54. The van der Waals surface area contributed by atoms with Crippen molar-refractivity contribution in [1.29, 1.82) is 0 Å². The lowest BCUT2D eigenvalue weighted by atomic mass is 10.0. The lowest BCUT2D eigenvalue weighted by Crippen LogP contribution is -2.47. The zero-order valence-corrected chi connectivity index (χ0v) is 19.7. The van der Waals surface area contributed by atoms with E-state index in [1.54, 1.807) is 0 Å². The van der Waals surface area contributed by atoms with E-state index in [0.29, 0.717) is 6.61 Å². The van der Waals surface area contributed by atoms with E-state index in [0.717, 1.165) is 87.0 Å². The molecule has 0 unspecified atom stereocenters. The Balaban J connectivity index is 1.45. The number of nitrogens with zero attached hydrogens (tertiary/aromatic N) is 4. The Morgan fingerprint density at radius 2 is 1.78 bits per heavy atom. The fourth-order valence-corrected chi connectivity index (χ4v) is 4.79. The largest absolute Gasteiger partial charge is 0.492 e. The van der Waals surface area contributed by atoms with Gasteiger partial charge in [0.05, 0.1) is 0 Å². The Kier molecular flexibility index (Phi) is 7.68. The summed E-state index contributed by atoms with van der Waals surface area (Å²) in [7, 11) is 2.17. The molecule has 4 rings (SSSR count).